The van der Waals surface area contributed by atoms with Crippen molar-refractivity contribution in [3.05, 3.63) is 105 Å². The lowest BCUT2D eigenvalue weighted by atomic mass is 10.1. The maximum absolute atomic E-state index is 12.2. The fourth-order valence-electron chi connectivity index (χ4n) is 3.39. The lowest BCUT2D eigenvalue weighted by molar-refractivity contribution is -0.387. The van der Waals surface area contributed by atoms with Crippen LogP contribution in [0.4, 0.5) is 5.69 Å². The minimum Gasteiger partial charge on any atom is -0.361 e. The number of aromatic amines is 1. The third-order valence-corrected chi connectivity index (χ3v) is 6.34. The van der Waals surface area contributed by atoms with Crippen molar-refractivity contribution in [1.82, 2.24) is 10.3 Å². The standard InChI is InChI=1S/C25H20ClN3O3S/c26-19-7-9-20(10-8-19)33-24-11-5-17(15-23(24)29(31)32)6-12-25(30)27-14-13-18-16-28-22-4-2-1-3-21(18)22/h1-12,15-16,28H,13-14H2,(H,27,30)/b12-6-. The Morgan fingerprint density at radius 1 is 1.12 bits per heavy atom. The summed E-state index contributed by atoms with van der Waals surface area (Å²) in [6.45, 7) is 0.488. The number of nitrogens with zero attached hydrogens (tertiary/aromatic N) is 1. The first-order chi connectivity index (χ1) is 16.0. The number of fused-ring (bicyclic) bond motifs is 1. The Morgan fingerprint density at radius 3 is 2.70 bits per heavy atom. The van der Waals surface area contributed by atoms with Gasteiger partial charge in [0.1, 0.15) is 0 Å². The van der Waals surface area contributed by atoms with Gasteiger partial charge in [0.05, 0.1) is 9.82 Å². The Kier molecular flexibility index (Phi) is 7.12. The first kappa shape index (κ1) is 22.6. The highest BCUT2D eigenvalue weighted by Gasteiger charge is 2.15. The molecule has 8 heteroatoms. The molecule has 0 spiro atoms. The SMILES string of the molecule is O=C(/C=C\c1ccc(Sc2ccc(Cl)cc2)c([N+](=O)[O-])c1)NCCc1c[nH]c2ccccc12. The molecule has 0 bridgehead atoms. The minimum atomic E-state index is -0.420. The van der Waals surface area contributed by atoms with Gasteiger partial charge in [-0.25, -0.2) is 0 Å². The fraction of sp³-hybridized carbons (Fsp3) is 0.0800. The van der Waals surface area contributed by atoms with Crippen molar-refractivity contribution in [1.29, 1.82) is 0 Å². The third kappa shape index (κ3) is 5.83. The summed E-state index contributed by atoms with van der Waals surface area (Å²) in [5.74, 6) is -0.253. The van der Waals surface area contributed by atoms with Crippen LogP contribution in [0.2, 0.25) is 5.02 Å². The molecule has 0 fully saturated rings. The lowest BCUT2D eigenvalue weighted by Gasteiger charge is -2.05. The van der Waals surface area contributed by atoms with Crippen LogP contribution in [0.25, 0.3) is 17.0 Å². The molecular formula is C25H20ClN3O3S. The Labute approximate surface area is 199 Å². The number of benzene rings is 3. The highest BCUT2D eigenvalue weighted by molar-refractivity contribution is 7.99. The van der Waals surface area contributed by atoms with E-state index in [1.54, 1.807) is 30.3 Å². The molecule has 2 N–H and O–H groups in total. The summed E-state index contributed by atoms with van der Waals surface area (Å²) >= 11 is 7.19. The van der Waals surface area contributed by atoms with Crippen molar-refractivity contribution in [2.24, 2.45) is 0 Å². The molecule has 1 aromatic heterocycles. The summed E-state index contributed by atoms with van der Waals surface area (Å²) < 4.78 is 0. The van der Waals surface area contributed by atoms with Gasteiger partial charge in [-0.1, -0.05) is 47.6 Å². The van der Waals surface area contributed by atoms with Gasteiger partial charge in [0.15, 0.2) is 0 Å². The molecule has 1 amide bonds. The molecule has 0 saturated carbocycles. The Balaban J connectivity index is 1.37. The minimum absolute atomic E-state index is 0.0168. The van der Waals surface area contributed by atoms with Gasteiger partial charge in [0.2, 0.25) is 5.91 Å². The number of amides is 1. The fourth-order valence-corrected chi connectivity index (χ4v) is 4.41. The molecule has 1 heterocycles. The number of nitro groups is 1. The Morgan fingerprint density at radius 2 is 1.91 bits per heavy atom. The molecule has 166 valence electrons. The molecular weight excluding hydrogens is 458 g/mol. The molecule has 0 saturated heterocycles. The van der Waals surface area contributed by atoms with E-state index in [2.05, 4.69) is 10.3 Å². The summed E-state index contributed by atoms with van der Waals surface area (Å²) in [6, 6.07) is 20.0. The topological polar surface area (TPSA) is 88.0 Å². The highest BCUT2D eigenvalue weighted by Crippen LogP contribution is 2.36. The Hall–Kier alpha value is -3.55. The molecule has 3 aromatic carbocycles. The maximum atomic E-state index is 12.2. The van der Waals surface area contributed by atoms with Gasteiger partial charge >= 0.3 is 0 Å². The average molecular weight is 478 g/mol. The van der Waals surface area contributed by atoms with Crippen LogP contribution in [-0.2, 0) is 11.2 Å². The molecule has 0 aliphatic rings. The van der Waals surface area contributed by atoms with E-state index in [0.717, 1.165) is 21.4 Å². The maximum Gasteiger partial charge on any atom is 0.283 e. The van der Waals surface area contributed by atoms with Gasteiger partial charge < -0.3 is 10.3 Å². The smallest absolute Gasteiger partial charge is 0.283 e. The molecule has 0 unspecified atom stereocenters. The van der Waals surface area contributed by atoms with Crippen molar-refractivity contribution < 1.29 is 9.72 Å². The van der Waals surface area contributed by atoms with E-state index in [4.69, 9.17) is 11.6 Å². The third-order valence-electron chi connectivity index (χ3n) is 5.02. The zero-order valence-corrected chi connectivity index (χ0v) is 19.0. The zero-order chi connectivity index (χ0) is 23.2. The Bertz CT molecular complexity index is 1330. The van der Waals surface area contributed by atoms with Crippen LogP contribution < -0.4 is 5.32 Å². The zero-order valence-electron chi connectivity index (χ0n) is 17.5. The normalized spacial score (nSPS) is 11.2. The monoisotopic (exact) mass is 477 g/mol. The molecule has 0 radical (unpaired) electrons. The van der Waals surface area contributed by atoms with Crippen molar-refractivity contribution in [2.75, 3.05) is 6.54 Å². The second-order valence-electron chi connectivity index (χ2n) is 7.27. The van der Waals surface area contributed by atoms with E-state index in [9.17, 15) is 14.9 Å². The van der Waals surface area contributed by atoms with Gasteiger partial charge in [-0.2, -0.15) is 0 Å². The van der Waals surface area contributed by atoms with Crippen LogP contribution in [0.1, 0.15) is 11.1 Å². The average Bonchev–Trinajstić information content (AvgIpc) is 3.23. The van der Waals surface area contributed by atoms with E-state index in [-0.39, 0.29) is 11.6 Å². The van der Waals surface area contributed by atoms with Crippen molar-refractivity contribution >= 4 is 51.9 Å². The van der Waals surface area contributed by atoms with Crippen LogP contribution in [-0.4, -0.2) is 22.4 Å². The number of halogens is 1. The number of carbonyl (C=O) groups excluding carboxylic acids is 1. The molecule has 0 atom stereocenters. The summed E-state index contributed by atoms with van der Waals surface area (Å²) in [4.78, 5) is 27.9. The predicted molar refractivity (Wildman–Crippen MR) is 133 cm³/mol. The summed E-state index contributed by atoms with van der Waals surface area (Å²) in [5.41, 5.74) is 2.77. The molecule has 4 aromatic rings. The number of nitro benzene ring substituents is 1. The first-order valence-corrected chi connectivity index (χ1v) is 11.4. The molecule has 4 rings (SSSR count). The summed E-state index contributed by atoms with van der Waals surface area (Å²) in [7, 11) is 0. The largest absolute Gasteiger partial charge is 0.361 e. The molecule has 33 heavy (non-hydrogen) atoms. The number of rotatable bonds is 8. The molecule has 6 nitrogen and oxygen atoms in total. The van der Waals surface area contributed by atoms with Crippen LogP contribution in [0.15, 0.2) is 88.8 Å². The summed E-state index contributed by atoms with van der Waals surface area (Å²) in [5, 5.41) is 16.2. The lowest BCUT2D eigenvalue weighted by Crippen LogP contribution is -2.23. The molecule has 0 aliphatic heterocycles. The van der Waals surface area contributed by atoms with Gasteiger partial charge in [0.25, 0.3) is 5.69 Å². The van der Waals surface area contributed by atoms with Crippen molar-refractivity contribution in [3.63, 3.8) is 0 Å². The second-order valence-corrected chi connectivity index (χ2v) is 8.83. The predicted octanol–water partition coefficient (Wildman–Crippen LogP) is 6.25. The number of carbonyl (C=O) groups is 1. The summed E-state index contributed by atoms with van der Waals surface area (Å²) in [6.07, 6.45) is 5.62. The van der Waals surface area contributed by atoms with Gasteiger partial charge in [0, 0.05) is 45.7 Å². The second kappa shape index (κ2) is 10.4. The van der Waals surface area contributed by atoms with Crippen LogP contribution in [0.3, 0.4) is 0 Å². The van der Waals surface area contributed by atoms with Gasteiger partial charge in [-0.3, -0.25) is 14.9 Å². The number of hydrogen-bond donors (Lipinski definition) is 2. The van der Waals surface area contributed by atoms with E-state index >= 15 is 0 Å². The van der Waals surface area contributed by atoms with E-state index < -0.39 is 4.92 Å². The van der Waals surface area contributed by atoms with Gasteiger partial charge in [-0.05, 0) is 60.0 Å². The van der Waals surface area contributed by atoms with Crippen LogP contribution >= 0.6 is 23.4 Å². The number of nitrogens with one attached hydrogen (secondary N) is 2. The number of H-pyrrole nitrogens is 1. The molecule has 0 aliphatic carbocycles. The number of aromatic nitrogens is 1. The quantitative estimate of drug-likeness (QED) is 0.178. The van der Waals surface area contributed by atoms with E-state index in [0.29, 0.717) is 28.4 Å². The van der Waals surface area contributed by atoms with Crippen molar-refractivity contribution in [3.8, 4) is 0 Å². The number of hydrogen-bond acceptors (Lipinski definition) is 4. The number of para-hydroxylation sites is 1. The van der Waals surface area contributed by atoms with Crippen LogP contribution in [0, 0.1) is 10.1 Å². The highest BCUT2D eigenvalue weighted by atomic mass is 35.5. The van der Waals surface area contributed by atoms with Crippen LogP contribution in [0.5, 0.6) is 0 Å². The van der Waals surface area contributed by atoms with E-state index in [1.807, 2.05) is 42.6 Å². The van der Waals surface area contributed by atoms with Gasteiger partial charge in [-0.15, -0.1) is 0 Å². The first-order valence-electron chi connectivity index (χ1n) is 10.2. The van der Waals surface area contributed by atoms with E-state index in [1.165, 1.54) is 23.9 Å². The van der Waals surface area contributed by atoms with Crippen molar-refractivity contribution in [2.45, 2.75) is 16.2 Å².